The van der Waals surface area contributed by atoms with Crippen LogP contribution < -0.4 is 0 Å². The first-order chi connectivity index (χ1) is 19.9. The van der Waals surface area contributed by atoms with Crippen LogP contribution >= 0.6 is 0 Å². The number of esters is 2. The van der Waals surface area contributed by atoms with E-state index in [2.05, 4.69) is 0 Å². The molecule has 8 rings (SSSR count). The molecule has 0 aromatic carbocycles. The summed E-state index contributed by atoms with van der Waals surface area (Å²) in [6, 6.07) is 0. The molecular formula is C34H50F4O4. The monoisotopic (exact) mass is 598 g/mol. The molecule has 0 spiro atoms. The Hall–Kier alpha value is -1.34. The van der Waals surface area contributed by atoms with Gasteiger partial charge in [-0.2, -0.15) is 17.6 Å². The van der Waals surface area contributed by atoms with Gasteiger partial charge in [-0.15, -0.1) is 0 Å². The lowest BCUT2D eigenvalue weighted by Gasteiger charge is -2.60. The lowest BCUT2D eigenvalue weighted by atomic mass is 9.49. The van der Waals surface area contributed by atoms with E-state index in [1.165, 1.54) is 0 Å². The van der Waals surface area contributed by atoms with E-state index >= 15 is 17.6 Å². The molecule has 0 aromatic heterocycles. The van der Waals surface area contributed by atoms with Crippen molar-refractivity contribution in [2.24, 2.45) is 47.3 Å². The molecule has 42 heavy (non-hydrogen) atoms. The van der Waals surface area contributed by atoms with Crippen molar-refractivity contribution in [3.8, 4) is 0 Å². The first-order valence-corrected chi connectivity index (χ1v) is 17.2. The lowest BCUT2D eigenvalue weighted by molar-refractivity contribution is -0.274. The van der Waals surface area contributed by atoms with E-state index in [0.717, 1.165) is 89.9 Å². The van der Waals surface area contributed by atoms with Gasteiger partial charge < -0.3 is 9.47 Å². The number of carbonyl (C=O) groups excluding carboxylic acids is 2. The predicted octanol–water partition coefficient (Wildman–Crippen LogP) is 8.89. The van der Waals surface area contributed by atoms with Crippen LogP contribution in [0.2, 0.25) is 0 Å². The molecule has 8 aliphatic carbocycles. The van der Waals surface area contributed by atoms with Gasteiger partial charge in [0, 0.05) is 0 Å². The van der Waals surface area contributed by atoms with Gasteiger partial charge in [0.15, 0.2) is 0 Å². The molecule has 4 nitrogen and oxygen atoms in total. The molecule has 0 aromatic rings. The number of halogens is 4. The van der Waals surface area contributed by atoms with Crippen LogP contribution in [-0.4, -0.2) is 35.0 Å². The Kier molecular flexibility index (Phi) is 8.20. The maximum atomic E-state index is 15.6. The van der Waals surface area contributed by atoms with Gasteiger partial charge in [0.2, 0.25) is 0 Å². The van der Waals surface area contributed by atoms with Crippen molar-refractivity contribution < 1.29 is 36.6 Å². The number of unbranched alkanes of at least 4 members (excludes halogenated alkanes) is 4. The minimum atomic E-state index is -5.30. The van der Waals surface area contributed by atoms with Crippen molar-refractivity contribution >= 4 is 11.9 Å². The second-order valence-corrected chi connectivity index (χ2v) is 15.4. The first kappa shape index (κ1) is 30.7. The summed E-state index contributed by atoms with van der Waals surface area (Å²) >= 11 is 0. The fraction of sp³-hybridized carbons (Fsp3) is 0.941. The summed E-state index contributed by atoms with van der Waals surface area (Å²) in [6.07, 6.45) is 14.3. The van der Waals surface area contributed by atoms with Crippen LogP contribution in [0.4, 0.5) is 17.6 Å². The summed E-state index contributed by atoms with van der Waals surface area (Å²) in [6.45, 7) is 4.07. The topological polar surface area (TPSA) is 52.6 Å². The highest BCUT2D eigenvalue weighted by Crippen LogP contribution is 2.63. The molecule has 0 heterocycles. The van der Waals surface area contributed by atoms with Crippen molar-refractivity contribution in [1.29, 1.82) is 0 Å². The number of ether oxygens (including phenoxy) is 2. The van der Waals surface area contributed by atoms with Crippen molar-refractivity contribution in [3.63, 3.8) is 0 Å². The molecule has 8 heteroatoms. The third kappa shape index (κ3) is 4.91. The highest BCUT2D eigenvalue weighted by molar-refractivity contribution is 5.90. The number of hydrogen-bond acceptors (Lipinski definition) is 4. The number of alkyl halides is 4. The zero-order chi connectivity index (χ0) is 29.9. The quantitative estimate of drug-likeness (QED) is 0.121. The van der Waals surface area contributed by atoms with Gasteiger partial charge in [-0.1, -0.05) is 39.5 Å². The standard InChI is InChI=1S/C34H50F4O4/c1-3-5-7-9-31(25-13-21-11-22(15-25)16-26(31)14-21)41-29(39)33(35,36)34(37,38)30(40)42-32(10-8-6-4-2)27-17-23-12-24(19-27)20-28(32)18-23/h21-28H,3-20H2,1-2H3. The van der Waals surface area contributed by atoms with Crippen LogP contribution in [0, 0.1) is 47.3 Å². The highest BCUT2D eigenvalue weighted by atomic mass is 19.3. The summed E-state index contributed by atoms with van der Waals surface area (Å²) in [5.41, 5.74) is -2.29. The normalized spacial score (nSPS) is 41.8. The molecule has 238 valence electrons. The van der Waals surface area contributed by atoms with E-state index in [9.17, 15) is 9.59 Å². The molecule has 0 amide bonds. The summed E-state index contributed by atoms with van der Waals surface area (Å²) in [4.78, 5) is 26.4. The van der Waals surface area contributed by atoms with Crippen molar-refractivity contribution in [2.75, 3.05) is 0 Å². The Morgan fingerprint density at radius 1 is 0.548 bits per heavy atom. The molecule has 8 fully saturated rings. The first-order valence-electron chi connectivity index (χ1n) is 17.2. The van der Waals surface area contributed by atoms with Crippen LogP contribution in [0.25, 0.3) is 0 Å². The Morgan fingerprint density at radius 3 is 1.10 bits per heavy atom. The molecule has 0 atom stereocenters. The number of hydrogen-bond donors (Lipinski definition) is 0. The minimum Gasteiger partial charge on any atom is -0.454 e. The third-order valence-corrected chi connectivity index (χ3v) is 12.9. The molecule has 0 N–H and O–H groups in total. The molecule has 8 aliphatic rings. The van der Waals surface area contributed by atoms with Crippen LogP contribution in [0.1, 0.15) is 129 Å². The van der Waals surface area contributed by atoms with E-state index in [4.69, 9.17) is 9.47 Å². The van der Waals surface area contributed by atoms with Crippen LogP contribution in [0.3, 0.4) is 0 Å². The molecule has 8 saturated carbocycles. The van der Waals surface area contributed by atoms with Crippen molar-refractivity contribution in [3.05, 3.63) is 0 Å². The third-order valence-electron chi connectivity index (χ3n) is 12.9. The maximum absolute atomic E-state index is 15.6. The average Bonchev–Trinajstić information content (AvgIpc) is 2.93. The number of rotatable bonds is 13. The maximum Gasteiger partial charge on any atom is 0.415 e. The SMILES string of the molecule is CCCCCC1(OC(=O)C(F)(F)C(F)(F)C(=O)OC2(CCCCC)C3CC4CC(C3)CC2C4)C2CC3CC(C2)CC1C3. The van der Waals surface area contributed by atoms with Gasteiger partial charge in [-0.05, 0) is 137 Å². The molecule has 8 bridgehead atoms. The highest BCUT2D eigenvalue weighted by Gasteiger charge is 2.73. The summed E-state index contributed by atoms with van der Waals surface area (Å²) in [5.74, 6) is -13.5. The Morgan fingerprint density at radius 2 is 0.833 bits per heavy atom. The second-order valence-electron chi connectivity index (χ2n) is 15.4. The number of carbonyl (C=O) groups is 2. The Bertz CT molecular complexity index is 889. The Balaban J connectivity index is 1.22. The minimum absolute atomic E-state index is 0.0826. The largest absolute Gasteiger partial charge is 0.454 e. The molecule has 0 aliphatic heterocycles. The zero-order valence-corrected chi connectivity index (χ0v) is 25.5. The average molecular weight is 599 g/mol. The fourth-order valence-electron chi connectivity index (χ4n) is 11.2. The molecular weight excluding hydrogens is 548 g/mol. The van der Waals surface area contributed by atoms with E-state index in [1.54, 1.807) is 0 Å². The lowest BCUT2D eigenvalue weighted by Crippen LogP contribution is -2.64. The van der Waals surface area contributed by atoms with Crippen LogP contribution in [0.5, 0.6) is 0 Å². The van der Waals surface area contributed by atoms with E-state index in [-0.39, 0.29) is 23.7 Å². The van der Waals surface area contributed by atoms with Gasteiger partial charge in [0.25, 0.3) is 0 Å². The Labute approximate surface area is 248 Å². The van der Waals surface area contributed by atoms with Gasteiger partial charge in [-0.3, -0.25) is 0 Å². The second kappa shape index (κ2) is 11.2. The van der Waals surface area contributed by atoms with Crippen LogP contribution in [-0.2, 0) is 19.1 Å². The van der Waals surface area contributed by atoms with Gasteiger partial charge in [-0.25, -0.2) is 9.59 Å². The van der Waals surface area contributed by atoms with Crippen LogP contribution in [0.15, 0.2) is 0 Å². The van der Waals surface area contributed by atoms with E-state index < -0.39 is 35.0 Å². The fourth-order valence-corrected chi connectivity index (χ4v) is 11.2. The summed E-state index contributed by atoms with van der Waals surface area (Å²) < 4.78 is 73.9. The van der Waals surface area contributed by atoms with Crippen molar-refractivity contribution in [1.82, 2.24) is 0 Å². The zero-order valence-electron chi connectivity index (χ0n) is 25.5. The molecule has 0 unspecified atom stereocenters. The summed E-state index contributed by atoms with van der Waals surface area (Å²) in [7, 11) is 0. The van der Waals surface area contributed by atoms with Gasteiger partial charge in [0.1, 0.15) is 11.2 Å². The van der Waals surface area contributed by atoms with E-state index in [0.29, 0.717) is 49.4 Å². The predicted molar refractivity (Wildman–Crippen MR) is 150 cm³/mol. The summed E-state index contributed by atoms with van der Waals surface area (Å²) in [5, 5.41) is 0. The van der Waals surface area contributed by atoms with Gasteiger partial charge >= 0.3 is 23.8 Å². The molecule has 0 saturated heterocycles. The van der Waals surface area contributed by atoms with E-state index in [1.807, 2.05) is 13.8 Å². The molecule has 0 radical (unpaired) electrons. The van der Waals surface area contributed by atoms with Crippen molar-refractivity contribution in [2.45, 2.75) is 152 Å². The van der Waals surface area contributed by atoms with Gasteiger partial charge in [0.05, 0.1) is 0 Å². The smallest absolute Gasteiger partial charge is 0.415 e.